The predicted molar refractivity (Wildman–Crippen MR) is 105 cm³/mol. The number of nitrogens with zero attached hydrogens (tertiary/aromatic N) is 1. The molecule has 0 aliphatic carbocycles. The molecule has 2 rings (SSSR count). The Morgan fingerprint density at radius 3 is 2.67 bits per heavy atom. The number of benzene rings is 1. The lowest BCUT2D eigenvalue weighted by Crippen LogP contribution is -2.41. The maximum atomic E-state index is 12.5. The van der Waals surface area contributed by atoms with Gasteiger partial charge in [-0.05, 0) is 31.2 Å². The van der Waals surface area contributed by atoms with E-state index in [1.807, 2.05) is 0 Å². The van der Waals surface area contributed by atoms with Gasteiger partial charge in [-0.3, -0.25) is 4.79 Å². The van der Waals surface area contributed by atoms with Crippen LogP contribution in [0, 0.1) is 5.92 Å². The normalized spacial score (nSPS) is 14.7. The summed E-state index contributed by atoms with van der Waals surface area (Å²) in [7, 11) is 1.48. The Hall–Kier alpha value is -2.15. The highest BCUT2D eigenvalue weighted by molar-refractivity contribution is 6.33. The van der Waals surface area contributed by atoms with Crippen LogP contribution in [-0.4, -0.2) is 50.3 Å². The van der Waals surface area contributed by atoms with Crippen LogP contribution in [-0.2, 0) is 4.74 Å². The second-order valence-corrected chi connectivity index (χ2v) is 7.09. The number of nitrogens with one attached hydrogen (secondary N) is 1. The van der Waals surface area contributed by atoms with Crippen molar-refractivity contribution in [1.82, 2.24) is 10.2 Å². The van der Waals surface area contributed by atoms with Crippen molar-refractivity contribution in [1.29, 1.82) is 0 Å². The largest absolute Gasteiger partial charge is 0.496 e. The lowest BCUT2D eigenvalue weighted by molar-refractivity contribution is 0.0834. The lowest BCUT2D eigenvalue weighted by Gasteiger charge is -2.31. The van der Waals surface area contributed by atoms with Crippen molar-refractivity contribution in [3.63, 3.8) is 0 Å². The molecule has 0 spiro atoms. The fraction of sp³-hybridized carbons (Fsp3) is 0.579. The number of hydrogen-bond acceptors (Lipinski definition) is 5. The second-order valence-electron chi connectivity index (χ2n) is 6.68. The Balaban J connectivity index is 1.81. The van der Waals surface area contributed by atoms with E-state index in [0.717, 1.165) is 25.7 Å². The highest BCUT2D eigenvalue weighted by Gasteiger charge is 2.24. The molecule has 1 aliphatic heterocycles. The Morgan fingerprint density at radius 2 is 2.04 bits per heavy atom. The molecule has 7 nitrogen and oxygen atoms in total. The summed E-state index contributed by atoms with van der Waals surface area (Å²) in [5, 5.41) is 3.24. The van der Waals surface area contributed by atoms with Crippen molar-refractivity contribution in [2.45, 2.75) is 32.6 Å². The summed E-state index contributed by atoms with van der Waals surface area (Å²) in [5.41, 5.74) is 6.47. The van der Waals surface area contributed by atoms with Gasteiger partial charge in [-0.1, -0.05) is 24.9 Å². The smallest absolute Gasteiger partial charge is 0.409 e. The number of halogens is 1. The molecule has 0 unspecified atom stereocenters. The number of hydrogen-bond donors (Lipinski definition) is 2. The first-order valence-corrected chi connectivity index (χ1v) is 9.67. The van der Waals surface area contributed by atoms with E-state index in [4.69, 9.17) is 26.8 Å². The van der Waals surface area contributed by atoms with E-state index >= 15 is 0 Å². The SMILES string of the molecule is CCCCOC(=O)N1CCC(CNC(=O)c2cc(Cl)c(N)cc2OC)CC1. The molecule has 27 heavy (non-hydrogen) atoms. The molecule has 0 bridgehead atoms. The number of methoxy groups -OCH3 is 1. The molecule has 1 aliphatic rings. The molecular weight excluding hydrogens is 370 g/mol. The van der Waals surface area contributed by atoms with Gasteiger partial charge in [-0.2, -0.15) is 0 Å². The molecule has 150 valence electrons. The molecule has 1 fully saturated rings. The number of piperidine rings is 1. The number of nitrogen functional groups attached to an aromatic ring is 1. The zero-order valence-corrected chi connectivity index (χ0v) is 16.7. The van der Waals surface area contributed by atoms with E-state index in [9.17, 15) is 9.59 Å². The van der Waals surface area contributed by atoms with E-state index in [1.165, 1.54) is 13.2 Å². The van der Waals surface area contributed by atoms with Crippen molar-refractivity contribution in [2.75, 3.05) is 39.1 Å². The summed E-state index contributed by atoms with van der Waals surface area (Å²) in [6.45, 7) is 4.34. The molecule has 2 amide bonds. The molecule has 0 aromatic heterocycles. The zero-order chi connectivity index (χ0) is 19.8. The number of amides is 2. The third kappa shape index (κ3) is 5.92. The second kappa shape index (κ2) is 10.3. The highest BCUT2D eigenvalue weighted by Crippen LogP contribution is 2.29. The Morgan fingerprint density at radius 1 is 1.33 bits per heavy atom. The van der Waals surface area contributed by atoms with Crippen LogP contribution < -0.4 is 15.8 Å². The van der Waals surface area contributed by atoms with Crippen LogP contribution in [0.2, 0.25) is 5.02 Å². The van der Waals surface area contributed by atoms with Gasteiger partial charge in [0, 0.05) is 25.7 Å². The van der Waals surface area contributed by atoms with Crippen molar-refractivity contribution >= 4 is 29.3 Å². The predicted octanol–water partition coefficient (Wildman–Crippen LogP) is 3.31. The minimum absolute atomic E-state index is 0.243. The Bertz CT molecular complexity index is 661. The minimum Gasteiger partial charge on any atom is -0.496 e. The first-order valence-electron chi connectivity index (χ1n) is 9.29. The minimum atomic E-state index is -0.254. The first-order chi connectivity index (χ1) is 13.0. The highest BCUT2D eigenvalue weighted by atomic mass is 35.5. The number of carbonyl (C=O) groups is 2. The molecule has 8 heteroatoms. The van der Waals surface area contributed by atoms with Gasteiger partial charge in [-0.15, -0.1) is 0 Å². The Kier molecular flexibility index (Phi) is 8.03. The molecular formula is C19H28ClN3O4. The van der Waals surface area contributed by atoms with Gasteiger partial charge in [0.15, 0.2) is 0 Å². The van der Waals surface area contributed by atoms with Crippen molar-refractivity contribution in [3.8, 4) is 5.75 Å². The van der Waals surface area contributed by atoms with Crippen LogP contribution in [0.3, 0.4) is 0 Å². The van der Waals surface area contributed by atoms with Gasteiger partial charge in [-0.25, -0.2) is 4.79 Å². The number of rotatable bonds is 7. The maximum absolute atomic E-state index is 12.5. The average Bonchev–Trinajstić information content (AvgIpc) is 2.68. The van der Waals surface area contributed by atoms with E-state index < -0.39 is 0 Å². The number of likely N-dealkylation sites (tertiary alicyclic amines) is 1. The summed E-state index contributed by atoms with van der Waals surface area (Å²) in [6, 6.07) is 3.06. The van der Waals surface area contributed by atoms with E-state index in [-0.39, 0.29) is 12.0 Å². The third-order valence-electron chi connectivity index (χ3n) is 4.71. The number of anilines is 1. The molecule has 0 radical (unpaired) electrons. The molecule has 1 aromatic carbocycles. The van der Waals surface area contributed by atoms with Crippen LogP contribution in [0.15, 0.2) is 12.1 Å². The van der Waals surface area contributed by atoms with Crippen LogP contribution in [0.4, 0.5) is 10.5 Å². The molecule has 1 aromatic rings. The summed E-state index contributed by atoms with van der Waals surface area (Å²) < 4.78 is 10.5. The quantitative estimate of drug-likeness (QED) is 0.543. The van der Waals surface area contributed by atoms with Gasteiger partial charge >= 0.3 is 6.09 Å². The van der Waals surface area contributed by atoms with Gasteiger partial charge in [0.05, 0.1) is 30.0 Å². The van der Waals surface area contributed by atoms with Gasteiger partial charge in [0.1, 0.15) is 5.75 Å². The molecule has 1 heterocycles. The number of unbranched alkanes of at least 4 members (excludes halogenated alkanes) is 1. The van der Waals surface area contributed by atoms with Gasteiger partial charge in [0.2, 0.25) is 0 Å². The van der Waals surface area contributed by atoms with Crippen molar-refractivity contribution < 1.29 is 19.1 Å². The van der Waals surface area contributed by atoms with Gasteiger partial charge in [0.25, 0.3) is 5.91 Å². The summed E-state index contributed by atoms with van der Waals surface area (Å²) in [4.78, 5) is 26.2. The molecule has 0 saturated carbocycles. The van der Waals surface area contributed by atoms with Crippen molar-refractivity contribution in [3.05, 3.63) is 22.7 Å². The molecule has 1 saturated heterocycles. The Labute approximate surface area is 165 Å². The first kappa shape index (κ1) is 21.2. The maximum Gasteiger partial charge on any atom is 0.409 e. The zero-order valence-electron chi connectivity index (χ0n) is 15.9. The topological polar surface area (TPSA) is 93.9 Å². The summed E-state index contributed by atoms with van der Waals surface area (Å²) >= 11 is 6.02. The third-order valence-corrected chi connectivity index (χ3v) is 5.04. The lowest BCUT2D eigenvalue weighted by atomic mass is 9.97. The average molecular weight is 398 g/mol. The standard InChI is InChI=1S/C19H28ClN3O4/c1-3-4-9-27-19(25)23-7-5-13(6-8-23)12-22-18(24)14-10-15(20)16(21)11-17(14)26-2/h10-11,13H,3-9,12,21H2,1-2H3,(H,22,24). The van der Waals surface area contributed by atoms with Crippen LogP contribution >= 0.6 is 11.6 Å². The summed E-state index contributed by atoms with van der Waals surface area (Å²) in [5.74, 6) is 0.443. The van der Waals surface area contributed by atoms with E-state index in [1.54, 1.807) is 11.0 Å². The molecule has 0 atom stereocenters. The van der Waals surface area contributed by atoms with E-state index in [2.05, 4.69) is 12.2 Å². The van der Waals surface area contributed by atoms with Crippen LogP contribution in [0.1, 0.15) is 43.0 Å². The molecule has 3 N–H and O–H groups in total. The van der Waals surface area contributed by atoms with Crippen molar-refractivity contribution in [2.24, 2.45) is 5.92 Å². The number of nitrogens with two attached hydrogens (primary N) is 1. The fourth-order valence-corrected chi connectivity index (χ4v) is 3.13. The summed E-state index contributed by atoms with van der Waals surface area (Å²) in [6.07, 6.45) is 3.28. The monoisotopic (exact) mass is 397 g/mol. The van der Waals surface area contributed by atoms with Gasteiger partial charge < -0.3 is 25.4 Å². The number of carbonyl (C=O) groups excluding carboxylic acids is 2. The fourth-order valence-electron chi connectivity index (χ4n) is 2.96. The van der Waals surface area contributed by atoms with E-state index in [0.29, 0.717) is 54.2 Å². The van der Waals surface area contributed by atoms with Crippen LogP contribution in [0.5, 0.6) is 5.75 Å². The van der Waals surface area contributed by atoms with Crippen LogP contribution in [0.25, 0.3) is 0 Å². The number of ether oxygens (including phenoxy) is 2.